The van der Waals surface area contributed by atoms with Crippen LogP contribution < -0.4 is 16.0 Å². The lowest BCUT2D eigenvalue weighted by Crippen LogP contribution is -2.63. The molecule has 14 heteroatoms. The first-order valence-electron chi connectivity index (χ1n) is 18.5. The Morgan fingerprint density at radius 3 is 2.29 bits per heavy atom. The lowest BCUT2D eigenvalue weighted by molar-refractivity contribution is -0.145. The maximum Gasteiger partial charge on any atom is 0.315 e. The lowest BCUT2D eigenvalue weighted by atomic mass is 9.70. The number of urea groups is 1. The third-order valence-electron chi connectivity index (χ3n) is 11.5. The number of nitrogens with one attached hydrogen (secondary N) is 3. The number of aliphatic imine (C=N–C) groups is 1. The van der Waals surface area contributed by atoms with Crippen molar-refractivity contribution in [3.05, 3.63) is 12.7 Å². The molecule has 3 aliphatic rings. The minimum Gasteiger partial charge on any atom is -0.344 e. The molecule has 0 aromatic carbocycles. The SMILES string of the molecule is C#CCCC(NC(=O)[C@@H]1[C@H]2CCC(CC)[C@H]2CN1C(=O)[C@@H](NC(=O)N[C@H](CN(C)S(C)(=O)=O)C(C)(C)C)C1(C)CCCCC1)C(=O)C(=O)N=CC=C. The molecule has 5 amide bonds. The maximum atomic E-state index is 15.0. The Morgan fingerprint density at radius 1 is 1.08 bits per heavy atom. The molecule has 0 aromatic heterocycles. The Labute approximate surface area is 310 Å². The molecule has 3 N–H and O–H groups in total. The number of hydrogen-bond donors (Lipinski definition) is 3. The van der Waals surface area contributed by atoms with E-state index >= 15 is 0 Å². The molecule has 1 saturated heterocycles. The Hall–Kier alpha value is -3.57. The third-order valence-corrected chi connectivity index (χ3v) is 12.8. The zero-order valence-corrected chi connectivity index (χ0v) is 32.9. The molecule has 2 saturated carbocycles. The second-order valence-electron chi connectivity index (χ2n) is 16.2. The second-order valence-corrected chi connectivity index (χ2v) is 18.3. The van der Waals surface area contributed by atoms with E-state index in [2.05, 4.69) is 40.4 Å². The molecule has 13 nitrogen and oxygen atoms in total. The molecule has 1 aliphatic heterocycles. The number of fused-ring (bicyclic) bond motifs is 1. The summed E-state index contributed by atoms with van der Waals surface area (Å²) in [6, 6.07) is -4.32. The number of likely N-dealkylation sites (N-methyl/N-ethyl adjacent to an activating group) is 1. The van der Waals surface area contributed by atoms with Crippen LogP contribution in [0.5, 0.6) is 0 Å². The van der Waals surface area contributed by atoms with Crippen LogP contribution in [-0.4, -0.2) is 104 Å². The van der Waals surface area contributed by atoms with Crippen molar-refractivity contribution in [3.8, 4) is 12.3 Å². The largest absolute Gasteiger partial charge is 0.344 e. The maximum absolute atomic E-state index is 15.0. The highest BCUT2D eigenvalue weighted by atomic mass is 32.2. The topological polar surface area (TPSA) is 174 Å². The molecule has 0 aromatic rings. The Balaban J connectivity index is 1.99. The molecular weight excluding hydrogens is 685 g/mol. The normalized spacial score (nSPS) is 24.7. The fraction of sp³-hybridized carbons (Fsp3) is 0.737. The fourth-order valence-corrected chi connectivity index (χ4v) is 8.62. The van der Waals surface area contributed by atoms with Crippen LogP contribution in [0.4, 0.5) is 4.79 Å². The van der Waals surface area contributed by atoms with Crippen LogP contribution in [-0.2, 0) is 29.2 Å². The number of ketones is 1. The van der Waals surface area contributed by atoms with Gasteiger partial charge in [-0.05, 0) is 60.7 Å². The molecule has 2 aliphatic carbocycles. The number of terminal acetylenes is 1. The average molecular weight is 745 g/mol. The molecule has 0 radical (unpaired) electrons. The lowest BCUT2D eigenvalue weighted by Gasteiger charge is -2.43. The monoisotopic (exact) mass is 744 g/mol. The van der Waals surface area contributed by atoms with Gasteiger partial charge in [-0.1, -0.05) is 73.0 Å². The highest BCUT2D eigenvalue weighted by molar-refractivity contribution is 7.88. The highest BCUT2D eigenvalue weighted by Crippen LogP contribution is 2.48. The molecule has 0 spiro atoms. The van der Waals surface area contributed by atoms with Gasteiger partial charge in [-0.15, -0.1) is 12.3 Å². The molecule has 7 atom stereocenters. The first-order valence-corrected chi connectivity index (χ1v) is 20.4. The molecule has 3 fully saturated rings. The number of allylic oxidation sites excluding steroid dienone is 1. The van der Waals surface area contributed by atoms with Crippen LogP contribution in [0.2, 0.25) is 0 Å². The Bertz CT molecular complexity index is 1520. The van der Waals surface area contributed by atoms with E-state index in [-0.39, 0.29) is 37.1 Å². The number of amides is 5. The summed E-state index contributed by atoms with van der Waals surface area (Å²) in [5, 5.41) is 8.73. The van der Waals surface area contributed by atoms with Gasteiger partial charge in [-0.2, -0.15) is 0 Å². The van der Waals surface area contributed by atoms with Gasteiger partial charge < -0.3 is 20.9 Å². The zero-order valence-electron chi connectivity index (χ0n) is 32.1. The number of hydrogen-bond acceptors (Lipinski definition) is 7. The van der Waals surface area contributed by atoms with Crippen molar-refractivity contribution in [1.29, 1.82) is 0 Å². The molecule has 3 rings (SSSR count). The Morgan fingerprint density at radius 2 is 1.73 bits per heavy atom. The predicted molar refractivity (Wildman–Crippen MR) is 202 cm³/mol. The molecule has 1 heterocycles. The van der Waals surface area contributed by atoms with Gasteiger partial charge in [0.25, 0.3) is 0 Å². The van der Waals surface area contributed by atoms with Gasteiger partial charge in [0.05, 0.1) is 12.3 Å². The van der Waals surface area contributed by atoms with E-state index in [1.807, 2.05) is 27.7 Å². The van der Waals surface area contributed by atoms with Crippen LogP contribution >= 0.6 is 0 Å². The molecule has 290 valence electrons. The molecule has 0 bridgehead atoms. The third kappa shape index (κ3) is 10.5. The quantitative estimate of drug-likeness (QED) is 0.131. The summed E-state index contributed by atoms with van der Waals surface area (Å²) in [5.74, 6) is -0.226. The van der Waals surface area contributed by atoms with Gasteiger partial charge in [-0.25, -0.2) is 22.5 Å². The van der Waals surface area contributed by atoms with Crippen molar-refractivity contribution < 1.29 is 32.4 Å². The smallest absolute Gasteiger partial charge is 0.315 e. The van der Waals surface area contributed by atoms with E-state index in [0.29, 0.717) is 31.7 Å². The number of rotatable bonds is 15. The minimum atomic E-state index is -3.52. The van der Waals surface area contributed by atoms with E-state index in [0.717, 1.165) is 44.6 Å². The van der Waals surface area contributed by atoms with Crippen LogP contribution in [0.25, 0.3) is 0 Å². The van der Waals surface area contributed by atoms with Crippen LogP contribution in [0.1, 0.15) is 98.8 Å². The summed E-state index contributed by atoms with van der Waals surface area (Å²) < 4.78 is 25.7. The number of Topliss-reactive ketones (excluding diaryl/α,β-unsaturated/α-hetero) is 1. The summed E-state index contributed by atoms with van der Waals surface area (Å²) in [6.45, 7) is 13.6. The minimum absolute atomic E-state index is 0.0225. The number of likely N-dealkylation sites (tertiary alicyclic amines) is 1. The summed E-state index contributed by atoms with van der Waals surface area (Å²) in [6.07, 6.45) is 15.7. The zero-order chi connectivity index (χ0) is 39.0. The van der Waals surface area contributed by atoms with E-state index in [9.17, 15) is 32.4 Å². The Kier molecular flexibility index (Phi) is 14.8. The first kappa shape index (κ1) is 42.8. The highest BCUT2D eigenvalue weighted by Gasteiger charge is 2.55. The van der Waals surface area contributed by atoms with E-state index in [4.69, 9.17) is 6.42 Å². The number of carbonyl (C=O) groups excluding carboxylic acids is 5. The molecular formula is C38H60N6O7S. The molecule has 2 unspecified atom stereocenters. The molecule has 52 heavy (non-hydrogen) atoms. The van der Waals surface area contributed by atoms with E-state index in [1.165, 1.54) is 17.4 Å². The van der Waals surface area contributed by atoms with Crippen LogP contribution in [0, 0.1) is 40.9 Å². The number of nitrogens with zero attached hydrogens (tertiary/aromatic N) is 3. The van der Waals surface area contributed by atoms with Crippen molar-refractivity contribution in [1.82, 2.24) is 25.2 Å². The summed E-state index contributed by atoms with van der Waals surface area (Å²) in [4.78, 5) is 74.1. The van der Waals surface area contributed by atoms with Gasteiger partial charge >= 0.3 is 11.9 Å². The average Bonchev–Trinajstić information content (AvgIpc) is 3.65. The van der Waals surface area contributed by atoms with Crippen LogP contribution in [0.15, 0.2) is 17.6 Å². The van der Waals surface area contributed by atoms with Crippen molar-refractivity contribution >= 4 is 45.8 Å². The first-order chi connectivity index (χ1) is 24.3. The standard InChI is InChI=1S/C38H60N6O7S/c1-10-13-17-28(31(45)34(47)39-22-11-2)40-33(46)30-26-19-18-25(12-3)27(26)23-44(30)35(48)32(38(7)20-15-14-16-21-38)42-36(49)41-29(37(4,5)6)24-43(8)52(9,50)51/h1,11,22,25-30,32H,2,12-21,23-24H2,3-9H3,(H,40,46)(H2,41,42,49)/t25?,26-,27+,28?,29+,30-,32+/m0/s1. The summed E-state index contributed by atoms with van der Waals surface area (Å²) >= 11 is 0. The van der Waals surface area contributed by atoms with E-state index < -0.39 is 68.6 Å². The van der Waals surface area contributed by atoms with E-state index in [1.54, 1.807) is 4.90 Å². The summed E-state index contributed by atoms with van der Waals surface area (Å²) in [7, 11) is -2.07. The van der Waals surface area contributed by atoms with Gasteiger partial charge in [0.2, 0.25) is 27.6 Å². The van der Waals surface area contributed by atoms with Crippen molar-refractivity contribution in [3.63, 3.8) is 0 Å². The van der Waals surface area contributed by atoms with Gasteiger partial charge in [0, 0.05) is 38.8 Å². The van der Waals surface area contributed by atoms with Gasteiger partial charge in [0.15, 0.2) is 0 Å². The predicted octanol–water partition coefficient (Wildman–Crippen LogP) is 3.44. The van der Waals surface area contributed by atoms with Crippen LogP contribution in [0.3, 0.4) is 0 Å². The van der Waals surface area contributed by atoms with Gasteiger partial charge in [-0.3, -0.25) is 19.2 Å². The number of sulfonamides is 1. The van der Waals surface area contributed by atoms with Crippen molar-refractivity contribution in [2.45, 2.75) is 123 Å². The second kappa shape index (κ2) is 18.0. The fourth-order valence-electron chi connectivity index (χ4n) is 8.20. The van der Waals surface area contributed by atoms with Crippen molar-refractivity contribution in [2.75, 3.05) is 26.4 Å². The summed E-state index contributed by atoms with van der Waals surface area (Å²) in [5.41, 5.74) is -1.14. The number of carbonyl (C=O) groups is 5. The van der Waals surface area contributed by atoms with Crippen molar-refractivity contribution in [2.24, 2.45) is 33.6 Å². The van der Waals surface area contributed by atoms with Gasteiger partial charge in [0.1, 0.15) is 12.1 Å².